The van der Waals surface area contributed by atoms with Crippen molar-refractivity contribution >= 4 is 39.9 Å². The van der Waals surface area contributed by atoms with Crippen LogP contribution in [0.5, 0.6) is 0 Å². The van der Waals surface area contributed by atoms with Crippen LogP contribution in [0, 0.1) is 0 Å². The monoisotopic (exact) mass is 462 g/mol. The van der Waals surface area contributed by atoms with E-state index < -0.39 is 0 Å². The maximum Gasteiger partial charge on any atom is 0.323 e. The smallest absolute Gasteiger partial charge is 0.323 e. The molecule has 3 aromatic rings. The summed E-state index contributed by atoms with van der Waals surface area (Å²) in [6.07, 6.45) is 3.98. The van der Waals surface area contributed by atoms with Gasteiger partial charge in [-0.25, -0.2) is 14.8 Å². The fraction of sp³-hybridized carbons (Fsp3) is 0.333. The van der Waals surface area contributed by atoms with Gasteiger partial charge in [0.1, 0.15) is 5.82 Å². The van der Waals surface area contributed by atoms with E-state index in [0.29, 0.717) is 23.9 Å². The number of nitrogens with zero attached hydrogens (tertiary/aromatic N) is 5. The van der Waals surface area contributed by atoms with Crippen LogP contribution in [0.1, 0.15) is 17.7 Å². The van der Waals surface area contributed by atoms with Crippen molar-refractivity contribution in [2.45, 2.75) is 19.3 Å². The van der Waals surface area contributed by atoms with Crippen LogP contribution in [0.2, 0.25) is 0 Å². The Morgan fingerprint density at radius 2 is 1.82 bits per heavy atom. The summed E-state index contributed by atoms with van der Waals surface area (Å²) in [7, 11) is 0. The Morgan fingerprint density at radius 3 is 2.64 bits per heavy atom. The van der Waals surface area contributed by atoms with E-state index >= 15 is 0 Å². The highest BCUT2D eigenvalue weighted by Gasteiger charge is 2.24. The van der Waals surface area contributed by atoms with Gasteiger partial charge in [-0.05, 0) is 36.6 Å². The third-order valence-corrected chi connectivity index (χ3v) is 6.86. The molecule has 4 heterocycles. The van der Waals surface area contributed by atoms with Crippen LogP contribution in [0.15, 0.2) is 54.0 Å². The van der Waals surface area contributed by atoms with Gasteiger partial charge in [0.15, 0.2) is 5.13 Å². The molecule has 8 nitrogen and oxygen atoms in total. The third kappa shape index (κ3) is 4.83. The average molecular weight is 463 g/mol. The normalized spacial score (nSPS) is 15.8. The number of para-hydroxylation sites is 1. The lowest BCUT2D eigenvalue weighted by atomic mass is 10.0. The lowest BCUT2D eigenvalue weighted by Crippen LogP contribution is -2.50. The molecule has 2 aromatic heterocycles. The number of anilines is 3. The number of hydrogen-bond donors (Lipinski definition) is 1. The Morgan fingerprint density at radius 1 is 1.00 bits per heavy atom. The summed E-state index contributed by atoms with van der Waals surface area (Å²) < 4.78 is 0. The van der Waals surface area contributed by atoms with Crippen molar-refractivity contribution in [2.75, 3.05) is 47.8 Å². The van der Waals surface area contributed by atoms with Crippen LogP contribution in [0.3, 0.4) is 0 Å². The molecule has 0 atom stereocenters. The highest BCUT2D eigenvalue weighted by molar-refractivity contribution is 7.13. The van der Waals surface area contributed by atoms with Gasteiger partial charge in [-0.1, -0.05) is 24.3 Å². The molecule has 9 heteroatoms. The van der Waals surface area contributed by atoms with Gasteiger partial charge < -0.3 is 14.7 Å². The Balaban J connectivity index is 1.15. The molecular formula is C24H26N6O2S. The number of aryl methyl sites for hydroxylation is 1. The predicted molar refractivity (Wildman–Crippen MR) is 130 cm³/mol. The van der Waals surface area contributed by atoms with Crippen molar-refractivity contribution in [3.8, 4) is 0 Å². The first kappa shape index (κ1) is 21.4. The van der Waals surface area contributed by atoms with Gasteiger partial charge in [0, 0.05) is 50.0 Å². The standard InChI is InChI=1S/C24H26N6O2S/c31-22(30-11-5-7-18-6-1-2-8-20(18)30)16-19-17-33-23(26-19)27-24(32)29-14-12-28(13-15-29)21-9-3-4-10-25-21/h1-4,6,8-10,17H,5,7,11-16H2,(H,26,27,32). The fourth-order valence-corrected chi connectivity index (χ4v) is 5.04. The highest BCUT2D eigenvalue weighted by Crippen LogP contribution is 2.27. The maximum absolute atomic E-state index is 12.9. The van der Waals surface area contributed by atoms with Crippen LogP contribution in [-0.4, -0.2) is 59.5 Å². The topological polar surface area (TPSA) is 81.7 Å². The number of piperazine rings is 1. The number of nitrogens with one attached hydrogen (secondary N) is 1. The Kier molecular flexibility index (Phi) is 6.21. The number of thiazole rings is 1. The van der Waals surface area contributed by atoms with Crippen molar-refractivity contribution in [2.24, 2.45) is 0 Å². The van der Waals surface area contributed by atoms with E-state index in [9.17, 15) is 9.59 Å². The molecule has 0 radical (unpaired) electrons. The predicted octanol–water partition coefficient (Wildman–Crippen LogP) is 3.41. The lowest BCUT2D eigenvalue weighted by molar-refractivity contribution is -0.118. The molecule has 170 valence electrons. The second-order valence-corrected chi connectivity index (χ2v) is 9.05. The molecule has 0 bridgehead atoms. The minimum absolute atomic E-state index is 0.0379. The number of pyridine rings is 1. The van der Waals surface area contributed by atoms with Crippen molar-refractivity contribution in [1.29, 1.82) is 0 Å². The fourth-order valence-electron chi connectivity index (χ4n) is 4.34. The Labute approximate surface area is 196 Å². The van der Waals surface area contributed by atoms with Gasteiger partial charge >= 0.3 is 6.03 Å². The number of urea groups is 1. The molecule has 1 saturated heterocycles. The zero-order chi connectivity index (χ0) is 22.6. The second kappa shape index (κ2) is 9.58. The summed E-state index contributed by atoms with van der Waals surface area (Å²) in [5.41, 5.74) is 2.90. The van der Waals surface area contributed by atoms with Crippen LogP contribution in [0.4, 0.5) is 21.4 Å². The number of benzene rings is 1. The minimum atomic E-state index is -0.159. The molecule has 3 amide bonds. The summed E-state index contributed by atoms with van der Waals surface area (Å²) in [5.74, 6) is 0.971. The van der Waals surface area contributed by atoms with Gasteiger partial charge in [0.05, 0.1) is 12.1 Å². The zero-order valence-electron chi connectivity index (χ0n) is 18.3. The third-order valence-electron chi connectivity index (χ3n) is 6.05. The van der Waals surface area contributed by atoms with Crippen molar-refractivity contribution < 1.29 is 9.59 Å². The Bertz CT molecular complexity index is 1130. The average Bonchev–Trinajstić information content (AvgIpc) is 3.30. The number of fused-ring (bicyclic) bond motifs is 1. The number of carbonyl (C=O) groups excluding carboxylic acids is 2. The first-order valence-electron chi connectivity index (χ1n) is 11.2. The SMILES string of the molecule is O=C(Nc1nc(CC(=O)N2CCCc3ccccc32)cs1)N1CCN(c2ccccn2)CC1. The van der Waals surface area contributed by atoms with Gasteiger partial charge in [-0.2, -0.15) is 0 Å². The number of aromatic nitrogens is 2. The maximum atomic E-state index is 12.9. The molecule has 2 aliphatic rings. The molecule has 1 aromatic carbocycles. The largest absolute Gasteiger partial charge is 0.353 e. The van der Waals surface area contributed by atoms with Crippen LogP contribution >= 0.6 is 11.3 Å². The van der Waals surface area contributed by atoms with Crippen molar-refractivity contribution in [3.63, 3.8) is 0 Å². The summed E-state index contributed by atoms with van der Waals surface area (Å²) >= 11 is 1.35. The van der Waals surface area contributed by atoms with E-state index in [1.807, 2.05) is 46.7 Å². The number of rotatable bonds is 4. The molecule has 1 fully saturated rings. The molecule has 0 aliphatic carbocycles. The molecule has 0 saturated carbocycles. The van der Waals surface area contributed by atoms with E-state index in [4.69, 9.17) is 0 Å². The molecule has 1 N–H and O–H groups in total. The molecule has 5 rings (SSSR count). The van der Waals surface area contributed by atoms with Crippen LogP contribution in [0.25, 0.3) is 0 Å². The van der Waals surface area contributed by atoms with Gasteiger partial charge in [0.2, 0.25) is 5.91 Å². The first-order valence-corrected chi connectivity index (χ1v) is 12.1. The number of hydrogen-bond acceptors (Lipinski definition) is 6. The van der Waals surface area contributed by atoms with Gasteiger partial charge in [-0.15, -0.1) is 11.3 Å². The molecule has 0 unspecified atom stereocenters. The summed E-state index contributed by atoms with van der Waals surface area (Å²) in [5, 5.41) is 5.26. The molecule has 0 spiro atoms. The van der Waals surface area contributed by atoms with E-state index in [2.05, 4.69) is 26.3 Å². The second-order valence-electron chi connectivity index (χ2n) is 8.19. The zero-order valence-corrected chi connectivity index (χ0v) is 19.1. The number of carbonyl (C=O) groups is 2. The van der Waals surface area contributed by atoms with Crippen molar-refractivity contribution in [3.05, 3.63) is 65.3 Å². The van der Waals surface area contributed by atoms with Gasteiger partial charge in [-0.3, -0.25) is 10.1 Å². The number of amides is 3. The first-order chi connectivity index (χ1) is 16.2. The minimum Gasteiger partial charge on any atom is -0.353 e. The highest BCUT2D eigenvalue weighted by atomic mass is 32.1. The van der Waals surface area contributed by atoms with Crippen LogP contribution in [-0.2, 0) is 17.6 Å². The lowest BCUT2D eigenvalue weighted by Gasteiger charge is -2.35. The van der Waals surface area contributed by atoms with Crippen molar-refractivity contribution in [1.82, 2.24) is 14.9 Å². The van der Waals surface area contributed by atoms with E-state index in [-0.39, 0.29) is 18.4 Å². The molecule has 33 heavy (non-hydrogen) atoms. The van der Waals surface area contributed by atoms with E-state index in [1.54, 1.807) is 11.1 Å². The van der Waals surface area contributed by atoms with Crippen LogP contribution < -0.4 is 15.1 Å². The summed E-state index contributed by atoms with van der Waals surface area (Å²) in [6.45, 7) is 3.44. The van der Waals surface area contributed by atoms with E-state index in [0.717, 1.165) is 44.0 Å². The summed E-state index contributed by atoms with van der Waals surface area (Å²) in [4.78, 5) is 40.3. The summed E-state index contributed by atoms with van der Waals surface area (Å²) in [6, 6.07) is 13.8. The molecular weight excluding hydrogens is 436 g/mol. The Hall–Kier alpha value is -3.46. The molecule has 2 aliphatic heterocycles. The van der Waals surface area contributed by atoms with E-state index in [1.165, 1.54) is 16.9 Å². The van der Waals surface area contributed by atoms with Gasteiger partial charge in [0.25, 0.3) is 0 Å². The quantitative estimate of drug-likeness (QED) is 0.643.